The molecule has 27 heteroatoms. The Labute approximate surface area is 460 Å². The van der Waals surface area contributed by atoms with Crippen LogP contribution in [0.2, 0.25) is 0 Å². The van der Waals surface area contributed by atoms with Crippen molar-refractivity contribution in [1.29, 1.82) is 0 Å². The summed E-state index contributed by atoms with van der Waals surface area (Å²) in [6.45, 7) is 5.91. The summed E-state index contributed by atoms with van der Waals surface area (Å²) >= 11 is 0. The average Bonchev–Trinajstić information content (AvgIpc) is 4.07. The number of aliphatic hydroxyl groups is 1. The minimum atomic E-state index is -3.56. The van der Waals surface area contributed by atoms with Crippen LogP contribution in [0.3, 0.4) is 0 Å². The molecule has 1 aromatic carbocycles. The highest BCUT2D eigenvalue weighted by Gasteiger charge is 2.45. The highest BCUT2D eigenvalue weighted by molar-refractivity contribution is 7.90. The Morgan fingerprint density at radius 3 is 2.35 bits per heavy atom. The van der Waals surface area contributed by atoms with Crippen molar-refractivity contribution >= 4 is 62.3 Å². The number of unbranched alkanes of at least 4 members (excludes halogenated alkanes) is 2. The fourth-order valence-corrected chi connectivity index (χ4v) is 9.80. The first-order chi connectivity index (χ1) is 38.1. The molecule has 3 aromatic heterocycles. The van der Waals surface area contributed by atoms with Crippen molar-refractivity contribution in [2.45, 2.75) is 115 Å². The molecule has 7 N–H and O–H groups in total. The Balaban J connectivity index is 0.912. The lowest BCUT2D eigenvalue weighted by Gasteiger charge is -2.31. The molecule has 0 unspecified atom stereocenters. The number of cyclic esters (lactones) is 1. The van der Waals surface area contributed by atoms with E-state index in [0.29, 0.717) is 77.0 Å². The van der Waals surface area contributed by atoms with Gasteiger partial charge in [-0.15, -0.1) is 0 Å². The molecule has 4 aromatic rings. The molecular formula is C53H64N10O16S. The van der Waals surface area contributed by atoms with Gasteiger partial charge < -0.3 is 65.2 Å². The minimum absolute atomic E-state index is 0.0125. The van der Waals surface area contributed by atoms with E-state index in [-0.39, 0.29) is 75.1 Å². The highest BCUT2D eigenvalue weighted by atomic mass is 32.2. The van der Waals surface area contributed by atoms with Crippen molar-refractivity contribution in [2.24, 2.45) is 5.92 Å². The number of nitrogens with one attached hydrogen (secondary N) is 5. The van der Waals surface area contributed by atoms with Crippen molar-refractivity contribution in [2.75, 3.05) is 52.6 Å². The van der Waals surface area contributed by atoms with Gasteiger partial charge in [-0.25, -0.2) is 33.0 Å². The quantitative estimate of drug-likeness (QED) is 0.0140. The number of carbonyl (C=O) groups is 7. The molecule has 7 rings (SSSR count). The van der Waals surface area contributed by atoms with E-state index in [2.05, 4.69) is 48.4 Å². The number of esters is 1. The van der Waals surface area contributed by atoms with Gasteiger partial charge in [-0.05, 0) is 69.1 Å². The van der Waals surface area contributed by atoms with E-state index in [0.717, 1.165) is 11.8 Å². The van der Waals surface area contributed by atoms with Gasteiger partial charge in [-0.2, -0.15) is 0 Å². The first-order valence-electron chi connectivity index (χ1n) is 26.0. The molecule has 0 aliphatic carbocycles. The van der Waals surface area contributed by atoms with Gasteiger partial charge in [-0.1, -0.05) is 32.6 Å². The van der Waals surface area contributed by atoms with Gasteiger partial charge in [0.15, 0.2) is 17.1 Å². The third-order valence-corrected chi connectivity index (χ3v) is 14.6. The van der Waals surface area contributed by atoms with Crippen LogP contribution in [0.25, 0.3) is 22.3 Å². The van der Waals surface area contributed by atoms with Crippen LogP contribution in [0.5, 0.6) is 11.5 Å². The molecule has 3 atom stereocenters. The summed E-state index contributed by atoms with van der Waals surface area (Å²) in [4.78, 5) is 118. The zero-order valence-electron chi connectivity index (χ0n) is 44.9. The van der Waals surface area contributed by atoms with Gasteiger partial charge in [0, 0.05) is 73.7 Å². The minimum Gasteiger partial charge on any atom is -0.465 e. The molecule has 0 fully saturated rings. The lowest BCUT2D eigenvalue weighted by atomic mass is 9.86. The number of carbonyl (C=O) groups excluding carboxylic acids is 6. The van der Waals surface area contributed by atoms with Crippen LogP contribution >= 0.6 is 0 Å². The molecule has 6 amide bonds. The van der Waals surface area contributed by atoms with Crippen LogP contribution < -0.4 is 41.6 Å². The predicted octanol–water partition coefficient (Wildman–Crippen LogP) is 0.885. The van der Waals surface area contributed by atoms with Crippen LogP contribution in [0.1, 0.15) is 100 Å². The van der Waals surface area contributed by atoms with Crippen molar-refractivity contribution in [3.05, 3.63) is 68.8 Å². The van der Waals surface area contributed by atoms with E-state index < -0.39 is 100 Å². The number of hydrogen-bond acceptors (Lipinski definition) is 18. The molecule has 3 aliphatic rings. The molecule has 0 bridgehead atoms. The number of aromatic nitrogens is 4. The molecule has 0 spiro atoms. The van der Waals surface area contributed by atoms with E-state index >= 15 is 0 Å². The van der Waals surface area contributed by atoms with Crippen molar-refractivity contribution in [3.63, 3.8) is 0 Å². The number of fused-ring (bicyclic) bond motifs is 6. The SMILES string of the molecule is CCN(CCc1c2c(nc3cc4c(cc13)OCO4)-c1cc3c(c(=O)n1C2)COC(=O)[C@]3(O)CC)C(=O)COCNC(=O)CNC(=O)[C@H](CCCCNC(=O)O)NC(=O)[C@@H](NC(=O)CCCC#Cc1cnc(S(C)(=O)=O)nc1)C(C)C. The highest BCUT2D eigenvalue weighted by Crippen LogP contribution is 2.43. The summed E-state index contributed by atoms with van der Waals surface area (Å²) in [6, 6.07) is 2.95. The Morgan fingerprint density at radius 1 is 0.925 bits per heavy atom. The van der Waals surface area contributed by atoms with Crippen molar-refractivity contribution < 1.29 is 71.1 Å². The lowest BCUT2D eigenvalue weighted by Crippen LogP contribution is -2.56. The maximum Gasteiger partial charge on any atom is 0.404 e. The molecule has 0 radical (unpaired) electrons. The fraction of sp³-hybridized carbons (Fsp3) is 0.491. The second kappa shape index (κ2) is 26.2. The van der Waals surface area contributed by atoms with Gasteiger partial charge in [-0.3, -0.25) is 28.8 Å². The number of rotatable bonds is 25. The standard InChI is InChI=1S/C53H64N10O16S/c1-6-53(73)36-20-39-46-34(25-63(39)49(69)35(36)26-77-50(53)70)32(33-19-40-41(79-29-78-40)21-38(33)59-46)16-18-62(7-2)44(66)27-76-28-58-43(65)24-55-47(67)37(14-11-12-17-54-52(71)72)60-48(68)45(30(3)4)61-42(64)15-10-8-9-13-31-22-56-51(57-23-31)80(5,74)75/h19-23,30,37,45,54,73H,6-8,10-12,14-18,24-29H2,1-5H3,(H,55,67)(H,58,65)(H,60,68)(H,61,64)(H,71,72)/t37-,45-,53-/m0/s1. The number of pyridine rings is 2. The number of sulfone groups is 1. The number of carboxylic acid groups (broad SMARTS) is 1. The average molecular weight is 1130 g/mol. The van der Waals surface area contributed by atoms with Crippen LogP contribution in [0.15, 0.2) is 40.5 Å². The van der Waals surface area contributed by atoms with E-state index in [4.69, 9.17) is 29.0 Å². The lowest BCUT2D eigenvalue weighted by molar-refractivity contribution is -0.172. The van der Waals surface area contributed by atoms with Gasteiger partial charge in [0.2, 0.25) is 51.3 Å². The summed E-state index contributed by atoms with van der Waals surface area (Å²) in [5.41, 5.74) is 1.24. The van der Waals surface area contributed by atoms with Crippen LogP contribution in [-0.2, 0) is 73.3 Å². The maximum absolute atomic E-state index is 14.0. The Kier molecular flexibility index (Phi) is 19.4. The molecule has 0 saturated heterocycles. The summed E-state index contributed by atoms with van der Waals surface area (Å²) in [5.74, 6) is 2.50. The number of likely N-dealkylation sites (N-methyl/N-ethyl adjacent to an activating group) is 1. The summed E-state index contributed by atoms with van der Waals surface area (Å²) in [6.07, 6.45) is 3.92. The van der Waals surface area contributed by atoms with E-state index in [1.807, 2.05) is 6.07 Å². The van der Waals surface area contributed by atoms with Gasteiger partial charge in [0.05, 0.1) is 41.1 Å². The zero-order valence-corrected chi connectivity index (χ0v) is 45.7. The number of hydrogen-bond donors (Lipinski definition) is 7. The van der Waals surface area contributed by atoms with Crippen LogP contribution in [0, 0.1) is 17.8 Å². The predicted molar refractivity (Wildman–Crippen MR) is 283 cm³/mol. The van der Waals surface area contributed by atoms with Crippen LogP contribution in [-0.4, -0.2) is 149 Å². The zero-order chi connectivity index (χ0) is 57.9. The molecule has 428 valence electrons. The second-order valence-electron chi connectivity index (χ2n) is 19.5. The van der Waals surface area contributed by atoms with E-state index in [1.165, 1.54) is 17.0 Å². The molecule has 6 heterocycles. The number of ether oxygens (including phenoxy) is 4. The molecular weight excluding hydrogens is 1060 g/mol. The summed E-state index contributed by atoms with van der Waals surface area (Å²) in [5, 5.41) is 33.3. The molecule has 0 saturated carbocycles. The third-order valence-electron chi connectivity index (χ3n) is 13.7. The van der Waals surface area contributed by atoms with E-state index in [1.54, 1.807) is 44.7 Å². The maximum atomic E-state index is 14.0. The Hall–Kier alpha value is -8.22. The van der Waals surface area contributed by atoms with Gasteiger partial charge in [0.25, 0.3) is 5.56 Å². The largest absolute Gasteiger partial charge is 0.465 e. The second-order valence-corrected chi connectivity index (χ2v) is 21.4. The molecule has 26 nitrogen and oxygen atoms in total. The van der Waals surface area contributed by atoms with Gasteiger partial charge in [0.1, 0.15) is 32.0 Å². The third kappa shape index (κ3) is 14.1. The topological polar surface area (TPSA) is 355 Å². The normalized spacial score (nSPS) is 15.5. The first-order valence-corrected chi connectivity index (χ1v) is 27.9. The fourth-order valence-electron chi connectivity index (χ4n) is 9.31. The van der Waals surface area contributed by atoms with Crippen LogP contribution in [0.4, 0.5) is 4.79 Å². The summed E-state index contributed by atoms with van der Waals surface area (Å²) < 4.78 is 46.8. The monoisotopic (exact) mass is 1130 g/mol. The molecule has 80 heavy (non-hydrogen) atoms. The number of benzene rings is 1. The van der Waals surface area contributed by atoms with Crippen molar-refractivity contribution in [1.82, 2.24) is 51.0 Å². The number of nitrogens with zero attached hydrogens (tertiary/aromatic N) is 5. The van der Waals surface area contributed by atoms with Crippen molar-refractivity contribution in [3.8, 4) is 34.7 Å². The Bertz CT molecular complexity index is 3300. The van der Waals surface area contributed by atoms with E-state index in [9.17, 15) is 51.9 Å². The number of amides is 6. The Morgan fingerprint density at radius 2 is 1.66 bits per heavy atom. The first kappa shape index (κ1) is 59.4. The molecule has 3 aliphatic heterocycles. The van der Waals surface area contributed by atoms with Gasteiger partial charge >= 0.3 is 12.1 Å². The summed E-state index contributed by atoms with van der Waals surface area (Å²) in [7, 11) is -3.56. The smallest absolute Gasteiger partial charge is 0.404 e.